The number of hydrogen-bond acceptors (Lipinski definition) is 2. The summed E-state index contributed by atoms with van der Waals surface area (Å²) in [6.45, 7) is -1.17. The number of aromatic nitrogens is 2. The van der Waals surface area contributed by atoms with Crippen molar-refractivity contribution in [3.05, 3.63) is 63.9 Å². The zero-order chi connectivity index (χ0) is 18.8. The van der Waals surface area contributed by atoms with Gasteiger partial charge >= 0.3 is 6.55 Å². The predicted molar refractivity (Wildman–Crippen MR) is 97.7 cm³/mol. The molecule has 1 amide bonds. The lowest BCUT2D eigenvalue weighted by molar-refractivity contribution is -0.121. The molecule has 0 aliphatic heterocycles. The minimum Gasteiger partial charge on any atom is -0.346 e. The molecule has 4 nitrogen and oxygen atoms in total. The molecular formula is C18H15Cl2F2N3O. The van der Waals surface area contributed by atoms with Gasteiger partial charge in [0.2, 0.25) is 5.91 Å². The first-order valence-electron chi connectivity index (χ1n) is 7.85. The smallest absolute Gasteiger partial charge is 0.320 e. The molecule has 0 spiro atoms. The topological polar surface area (TPSA) is 46.9 Å². The number of nitrogens with one attached hydrogen (secondary N) is 1. The van der Waals surface area contributed by atoms with Crippen molar-refractivity contribution in [2.24, 2.45) is 0 Å². The lowest BCUT2D eigenvalue weighted by atomic mass is 10.1. The van der Waals surface area contributed by atoms with Crippen molar-refractivity contribution in [3.8, 4) is 0 Å². The molecule has 2 aromatic carbocycles. The monoisotopic (exact) mass is 397 g/mol. The van der Waals surface area contributed by atoms with Crippen molar-refractivity contribution < 1.29 is 13.6 Å². The van der Waals surface area contributed by atoms with Gasteiger partial charge in [0.05, 0.1) is 23.5 Å². The molecule has 0 saturated carbocycles. The minimum atomic E-state index is -2.77. The fourth-order valence-corrected chi connectivity index (χ4v) is 3.32. The number of nitrogens with zero attached hydrogens (tertiary/aromatic N) is 2. The fraction of sp³-hybridized carbons (Fsp3) is 0.222. The maximum atomic E-state index is 13.5. The van der Waals surface area contributed by atoms with E-state index in [0.717, 1.165) is 4.57 Å². The molecule has 0 aliphatic rings. The fourth-order valence-electron chi connectivity index (χ4n) is 2.79. The number of imidazole rings is 1. The van der Waals surface area contributed by atoms with Crippen LogP contribution in [0.5, 0.6) is 0 Å². The van der Waals surface area contributed by atoms with Crippen molar-refractivity contribution in [1.29, 1.82) is 0 Å². The first-order valence-corrected chi connectivity index (χ1v) is 8.61. The number of carbonyl (C=O) groups is 1. The third-order valence-corrected chi connectivity index (χ3v) is 4.69. The second-order valence-corrected chi connectivity index (χ2v) is 6.59. The number of hydrogen-bond donors (Lipinski definition) is 1. The van der Waals surface area contributed by atoms with E-state index in [1.165, 1.54) is 0 Å². The van der Waals surface area contributed by atoms with Crippen LogP contribution in [-0.2, 0) is 11.2 Å². The Morgan fingerprint density at radius 1 is 1.15 bits per heavy atom. The summed E-state index contributed by atoms with van der Waals surface area (Å²) in [4.78, 5) is 16.6. The minimum absolute atomic E-state index is 0.0578. The molecule has 136 valence electrons. The summed E-state index contributed by atoms with van der Waals surface area (Å²) >= 11 is 12.1. The number of carbonyl (C=O) groups excluding carboxylic acids is 1. The SMILES string of the molecule is CC(NC(=O)Cc1c(Cl)cccc1Cl)c1nc2ccccc2n1C(F)F. The molecule has 26 heavy (non-hydrogen) atoms. The Kier molecular flexibility index (Phi) is 5.44. The van der Waals surface area contributed by atoms with Gasteiger partial charge in [-0.05, 0) is 36.8 Å². The number of benzene rings is 2. The van der Waals surface area contributed by atoms with Gasteiger partial charge in [0, 0.05) is 10.0 Å². The summed E-state index contributed by atoms with van der Waals surface area (Å²) in [7, 11) is 0. The van der Waals surface area contributed by atoms with Crippen LogP contribution >= 0.6 is 23.2 Å². The van der Waals surface area contributed by atoms with Gasteiger partial charge in [-0.1, -0.05) is 41.4 Å². The van der Waals surface area contributed by atoms with Crippen molar-refractivity contribution in [1.82, 2.24) is 14.9 Å². The van der Waals surface area contributed by atoms with Gasteiger partial charge in [-0.25, -0.2) is 4.98 Å². The number of rotatable bonds is 5. The highest BCUT2D eigenvalue weighted by atomic mass is 35.5. The second-order valence-electron chi connectivity index (χ2n) is 5.77. The average molecular weight is 398 g/mol. The number of amides is 1. The molecule has 1 atom stereocenters. The van der Waals surface area contributed by atoms with Gasteiger partial charge in [0.15, 0.2) is 0 Å². The highest BCUT2D eigenvalue weighted by Crippen LogP contribution is 2.27. The third-order valence-electron chi connectivity index (χ3n) is 3.98. The second kappa shape index (κ2) is 7.60. The Hall–Kier alpha value is -2.18. The highest BCUT2D eigenvalue weighted by molar-refractivity contribution is 6.36. The van der Waals surface area contributed by atoms with Crippen molar-refractivity contribution >= 4 is 40.1 Å². The van der Waals surface area contributed by atoms with Gasteiger partial charge in [-0.3, -0.25) is 9.36 Å². The summed E-state index contributed by atoms with van der Waals surface area (Å²) < 4.78 is 27.9. The molecule has 8 heteroatoms. The number of para-hydroxylation sites is 2. The van der Waals surface area contributed by atoms with E-state index in [1.54, 1.807) is 49.4 Å². The molecule has 1 N–H and O–H groups in total. The van der Waals surface area contributed by atoms with Crippen LogP contribution in [0.15, 0.2) is 42.5 Å². The Morgan fingerprint density at radius 3 is 2.46 bits per heavy atom. The quantitative estimate of drug-likeness (QED) is 0.646. The zero-order valence-corrected chi connectivity index (χ0v) is 15.2. The van der Waals surface area contributed by atoms with E-state index in [9.17, 15) is 13.6 Å². The molecular weight excluding hydrogens is 383 g/mol. The maximum Gasteiger partial charge on any atom is 0.320 e. The molecule has 1 heterocycles. The van der Waals surface area contributed by atoms with Crippen molar-refractivity contribution in [2.75, 3.05) is 0 Å². The average Bonchev–Trinajstić information content (AvgIpc) is 2.98. The molecule has 0 aliphatic carbocycles. The van der Waals surface area contributed by atoms with Crippen LogP contribution in [0.25, 0.3) is 11.0 Å². The highest BCUT2D eigenvalue weighted by Gasteiger charge is 2.23. The van der Waals surface area contributed by atoms with Crippen LogP contribution in [0.4, 0.5) is 8.78 Å². The largest absolute Gasteiger partial charge is 0.346 e. The van der Waals surface area contributed by atoms with E-state index in [1.807, 2.05) is 0 Å². The van der Waals surface area contributed by atoms with Crippen LogP contribution in [0.3, 0.4) is 0 Å². The third kappa shape index (κ3) is 3.66. The van der Waals surface area contributed by atoms with E-state index in [-0.39, 0.29) is 18.2 Å². The molecule has 1 unspecified atom stereocenters. The van der Waals surface area contributed by atoms with Crippen LogP contribution in [0.1, 0.15) is 30.9 Å². The zero-order valence-electron chi connectivity index (χ0n) is 13.7. The summed E-state index contributed by atoms with van der Waals surface area (Å²) in [6.07, 6.45) is -0.0578. The van der Waals surface area contributed by atoms with Crippen molar-refractivity contribution in [2.45, 2.75) is 25.9 Å². The maximum absolute atomic E-state index is 13.5. The predicted octanol–water partition coefficient (Wildman–Crippen LogP) is 5.16. The Balaban J connectivity index is 1.84. The van der Waals surface area contributed by atoms with E-state index in [0.29, 0.717) is 26.6 Å². The van der Waals surface area contributed by atoms with Gasteiger partial charge in [0.1, 0.15) is 5.82 Å². The van der Waals surface area contributed by atoms with E-state index in [4.69, 9.17) is 23.2 Å². The first-order chi connectivity index (χ1) is 12.4. The summed E-state index contributed by atoms with van der Waals surface area (Å²) in [5, 5.41) is 3.43. The van der Waals surface area contributed by atoms with Gasteiger partial charge in [-0.2, -0.15) is 8.78 Å². The number of fused-ring (bicyclic) bond motifs is 1. The summed E-state index contributed by atoms with van der Waals surface area (Å²) in [5.41, 5.74) is 1.24. The molecule has 0 bridgehead atoms. The molecule has 1 aromatic heterocycles. The normalized spacial score (nSPS) is 12.5. The van der Waals surface area contributed by atoms with E-state index in [2.05, 4.69) is 10.3 Å². The molecule has 3 aromatic rings. The van der Waals surface area contributed by atoms with Crippen LogP contribution < -0.4 is 5.32 Å². The standard InChI is InChI=1S/C18H15Cl2F2N3O/c1-10(23-16(26)9-11-12(19)5-4-6-13(11)20)17-24-14-7-2-3-8-15(14)25(17)18(21)22/h2-8,10,18H,9H2,1H3,(H,23,26). The van der Waals surface area contributed by atoms with Crippen LogP contribution in [-0.4, -0.2) is 15.5 Å². The Bertz CT molecular complexity index is 939. The van der Waals surface area contributed by atoms with E-state index >= 15 is 0 Å². The lowest BCUT2D eigenvalue weighted by Gasteiger charge is -2.16. The molecule has 3 rings (SSSR count). The lowest BCUT2D eigenvalue weighted by Crippen LogP contribution is -2.30. The molecule has 0 radical (unpaired) electrons. The van der Waals surface area contributed by atoms with Gasteiger partial charge in [-0.15, -0.1) is 0 Å². The van der Waals surface area contributed by atoms with Gasteiger partial charge in [0.25, 0.3) is 0 Å². The van der Waals surface area contributed by atoms with Crippen molar-refractivity contribution in [3.63, 3.8) is 0 Å². The number of halogens is 4. The molecule has 0 fully saturated rings. The number of alkyl halides is 2. The van der Waals surface area contributed by atoms with Crippen LogP contribution in [0, 0.1) is 0 Å². The molecule has 0 saturated heterocycles. The van der Waals surface area contributed by atoms with E-state index < -0.39 is 12.6 Å². The van der Waals surface area contributed by atoms with Crippen LogP contribution in [0.2, 0.25) is 10.0 Å². The summed E-state index contributed by atoms with van der Waals surface area (Å²) in [6, 6.07) is 10.8. The van der Waals surface area contributed by atoms with Gasteiger partial charge < -0.3 is 5.32 Å². The summed E-state index contributed by atoms with van der Waals surface area (Å²) in [5.74, 6) is -0.305. The Morgan fingerprint density at radius 2 is 1.81 bits per heavy atom. The Labute approximate surface area is 158 Å². The first kappa shape index (κ1) is 18.6.